The second-order valence-electron chi connectivity index (χ2n) is 3.87. The molecule has 0 radical (unpaired) electrons. The number of ketones is 1. The minimum absolute atomic E-state index is 0.00994. The molecule has 0 atom stereocenters. The lowest BCUT2D eigenvalue weighted by Gasteiger charge is -2.12. The predicted molar refractivity (Wildman–Crippen MR) is 69.2 cm³/mol. The first-order valence-electron chi connectivity index (χ1n) is 5.62. The molecule has 0 spiro atoms. The Morgan fingerprint density at radius 2 is 1.88 bits per heavy atom. The molecule has 0 saturated carbocycles. The summed E-state index contributed by atoms with van der Waals surface area (Å²) in [4.78, 5) is 11.5. The fraction of sp³-hybridized carbons (Fsp3) is 0.267. The number of hydrogen-bond acceptors (Lipinski definition) is 1. The van der Waals surface area contributed by atoms with E-state index in [0.717, 1.165) is 11.1 Å². The van der Waals surface area contributed by atoms with E-state index in [0.29, 0.717) is 11.1 Å². The molecule has 1 aromatic rings. The fourth-order valence-electron chi connectivity index (χ4n) is 1.90. The van der Waals surface area contributed by atoms with E-state index >= 15 is 0 Å². The van der Waals surface area contributed by atoms with Gasteiger partial charge in [0, 0.05) is 5.57 Å². The molecule has 1 rings (SSSR count). The van der Waals surface area contributed by atoms with Crippen LogP contribution in [0.1, 0.15) is 31.9 Å². The van der Waals surface area contributed by atoms with Crippen LogP contribution in [0.25, 0.3) is 5.57 Å². The largest absolute Gasteiger partial charge is 0.295 e. The van der Waals surface area contributed by atoms with Crippen LogP contribution in [-0.4, -0.2) is 5.78 Å². The van der Waals surface area contributed by atoms with Crippen molar-refractivity contribution in [2.75, 3.05) is 0 Å². The Labute approximate surface area is 102 Å². The summed E-state index contributed by atoms with van der Waals surface area (Å²) < 4.78 is 13.5. The summed E-state index contributed by atoms with van der Waals surface area (Å²) >= 11 is 0. The molecule has 0 amide bonds. The molecule has 0 unspecified atom stereocenters. The molecule has 90 valence electrons. The molecule has 1 nitrogen and oxygen atoms in total. The van der Waals surface area contributed by atoms with Crippen LogP contribution >= 0.6 is 0 Å². The summed E-state index contributed by atoms with van der Waals surface area (Å²) in [7, 11) is 0. The lowest BCUT2D eigenvalue weighted by atomic mass is 9.92. The molecular formula is C15H17FO. The van der Waals surface area contributed by atoms with Crippen LogP contribution in [0.3, 0.4) is 0 Å². The summed E-state index contributed by atoms with van der Waals surface area (Å²) in [5.41, 5.74) is 2.76. The third kappa shape index (κ3) is 2.70. The Kier molecular flexibility index (Phi) is 4.38. The van der Waals surface area contributed by atoms with Gasteiger partial charge in [-0.2, -0.15) is 0 Å². The van der Waals surface area contributed by atoms with Crippen LogP contribution in [0.2, 0.25) is 0 Å². The van der Waals surface area contributed by atoms with Gasteiger partial charge in [-0.05, 0) is 50.5 Å². The van der Waals surface area contributed by atoms with Crippen molar-refractivity contribution in [2.45, 2.75) is 27.7 Å². The third-order valence-corrected chi connectivity index (χ3v) is 2.80. The van der Waals surface area contributed by atoms with Gasteiger partial charge in [0.1, 0.15) is 5.82 Å². The maximum atomic E-state index is 13.5. The molecule has 2 heteroatoms. The molecule has 0 aliphatic heterocycles. The van der Waals surface area contributed by atoms with Gasteiger partial charge in [-0.15, -0.1) is 0 Å². The predicted octanol–water partition coefficient (Wildman–Crippen LogP) is 4.07. The first-order valence-corrected chi connectivity index (χ1v) is 5.62. The van der Waals surface area contributed by atoms with E-state index in [9.17, 15) is 9.18 Å². The first-order chi connectivity index (χ1) is 8.02. The average Bonchev–Trinajstić information content (AvgIpc) is 2.29. The van der Waals surface area contributed by atoms with Crippen LogP contribution < -0.4 is 0 Å². The molecule has 0 saturated heterocycles. The molecule has 1 aromatic carbocycles. The van der Waals surface area contributed by atoms with E-state index in [1.165, 1.54) is 13.0 Å². The van der Waals surface area contributed by atoms with Crippen molar-refractivity contribution < 1.29 is 9.18 Å². The minimum Gasteiger partial charge on any atom is -0.295 e. The number of Topliss-reactive ketones (excluding diaryl/α,β-unsaturated/α-hetero) is 1. The number of halogens is 1. The van der Waals surface area contributed by atoms with Crippen molar-refractivity contribution in [1.29, 1.82) is 0 Å². The molecule has 17 heavy (non-hydrogen) atoms. The van der Waals surface area contributed by atoms with E-state index in [-0.39, 0.29) is 11.6 Å². The lowest BCUT2D eigenvalue weighted by molar-refractivity contribution is -0.113. The van der Waals surface area contributed by atoms with Crippen LogP contribution in [0.4, 0.5) is 4.39 Å². The molecule has 0 bridgehead atoms. The zero-order valence-corrected chi connectivity index (χ0v) is 10.7. The van der Waals surface area contributed by atoms with Crippen LogP contribution in [0, 0.1) is 12.7 Å². The van der Waals surface area contributed by atoms with E-state index in [1.807, 2.05) is 26.0 Å². The van der Waals surface area contributed by atoms with Crippen molar-refractivity contribution in [3.63, 3.8) is 0 Å². The summed E-state index contributed by atoms with van der Waals surface area (Å²) in [6, 6.07) is 4.92. The SMILES string of the molecule is C/C=C(\C(=C/C)C(C)=O)c1cccc(F)c1C. The Morgan fingerprint density at radius 3 is 2.35 bits per heavy atom. The average molecular weight is 232 g/mol. The van der Waals surface area contributed by atoms with Crippen molar-refractivity contribution in [1.82, 2.24) is 0 Å². The van der Waals surface area contributed by atoms with Gasteiger partial charge < -0.3 is 0 Å². The van der Waals surface area contributed by atoms with Gasteiger partial charge in [0.25, 0.3) is 0 Å². The zero-order chi connectivity index (χ0) is 13.0. The standard InChI is InChI=1S/C15H17FO/c1-5-12(11(4)17)13(6-2)14-8-7-9-15(16)10(14)3/h5-9H,1-4H3/b12-5-,13-6+. The van der Waals surface area contributed by atoms with Crippen molar-refractivity contribution >= 4 is 11.4 Å². The number of allylic oxidation sites excluding steroid dienone is 4. The Morgan fingerprint density at radius 1 is 1.24 bits per heavy atom. The number of rotatable bonds is 3. The Balaban J connectivity index is 3.39. The van der Waals surface area contributed by atoms with Gasteiger partial charge in [0.2, 0.25) is 0 Å². The molecular weight excluding hydrogens is 215 g/mol. The first kappa shape index (κ1) is 13.4. The monoisotopic (exact) mass is 232 g/mol. The molecule has 0 fully saturated rings. The Bertz CT molecular complexity index is 496. The normalized spacial score (nSPS) is 12.8. The maximum Gasteiger partial charge on any atom is 0.160 e. The topological polar surface area (TPSA) is 17.1 Å². The van der Waals surface area contributed by atoms with E-state index < -0.39 is 0 Å². The van der Waals surface area contributed by atoms with E-state index in [1.54, 1.807) is 19.1 Å². The highest BCUT2D eigenvalue weighted by molar-refractivity contribution is 6.09. The maximum absolute atomic E-state index is 13.5. The second kappa shape index (κ2) is 5.58. The minimum atomic E-state index is -0.249. The number of hydrogen-bond donors (Lipinski definition) is 0. The van der Waals surface area contributed by atoms with Gasteiger partial charge in [-0.3, -0.25) is 4.79 Å². The number of carbonyl (C=O) groups is 1. The van der Waals surface area contributed by atoms with Crippen molar-refractivity contribution in [3.8, 4) is 0 Å². The van der Waals surface area contributed by atoms with E-state index in [4.69, 9.17) is 0 Å². The second-order valence-corrected chi connectivity index (χ2v) is 3.87. The van der Waals surface area contributed by atoms with Crippen molar-refractivity contribution in [3.05, 3.63) is 52.9 Å². The highest BCUT2D eigenvalue weighted by Crippen LogP contribution is 2.27. The molecule has 0 aliphatic carbocycles. The highest BCUT2D eigenvalue weighted by atomic mass is 19.1. The van der Waals surface area contributed by atoms with Gasteiger partial charge in [-0.1, -0.05) is 24.3 Å². The molecule has 0 aromatic heterocycles. The van der Waals surface area contributed by atoms with E-state index in [2.05, 4.69) is 0 Å². The fourth-order valence-corrected chi connectivity index (χ4v) is 1.90. The molecule has 0 aliphatic rings. The highest BCUT2D eigenvalue weighted by Gasteiger charge is 2.14. The summed E-state index contributed by atoms with van der Waals surface area (Å²) in [5, 5.41) is 0. The summed E-state index contributed by atoms with van der Waals surface area (Å²) in [5.74, 6) is -0.259. The number of carbonyl (C=O) groups excluding carboxylic acids is 1. The third-order valence-electron chi connectivity index (χ3n) is 2.80. The smallest absolute Gasteiger partial charge is 0.160 e. The quantitative estimate of drug-likeness (QED) is 0.567. The van der Waals surface area contributed by atoms with Crippen LogP contribution in [-0.2, 0) is 4.79 Å². The van der Waals surface area contributed by atoms with Crippen LogP contribution in [0.15, 0.2) is 35.9 Å². The van der Waals surface area contributed by atoms with Gasteiger partial charge in [-0.25, -0.2) is 4.39 Å². The molecule has 0 N–H and O–H groups in total. The summed E-state index contributed by atoms with van der Waals surface area (Å²) in [6.07, 6.45) is 3.61. The Hall–Kier alpha value is -1.70. The lowest BCUT2D eigenvalue weighted by Crippen LogP contribution is -2.02. The van der Waals surface area contributed by atoms with Gasteiger partial charge in [0.05, 0.1) is 0 Å². The summed E-state index contributed by atoms with van der Waals surface area (Å²) in [6.45, 7) is 6.91. The number of benzene rings is 1. The van der Waals surface area contributed by atoms with Gasteiger partial charge in [0.15, 0.2) is 5.78 Å². The zero-order valence-electron chi connectivity index (χ0n) is 10.7. The van der Waals surface area contributed by atoms with Crippen molar-refractivity contribution in [2.24, 2.45) is 0 Å². The molecule has 0 heterocycles. The van der Waals surface area contributed by atoms with Gasteiger partial charge >= 0.3 is 0 Å². The van der Waals surface area contributed by atoms with Crippen LogP contribution in [0.5, 0.6) is 0 Å².